The molecule has 0 unspecified atom stereocenters. The summed E-state index contributed by atoms with van der Waals surface area (Å²) in [6.07, 6.45) is -1.23. The molecule has 7 nitrogen and oxygen atoms in total. The van der Waals surface area contributed by atoms with Gasteiger partial charge in [-0.3, -0.25) is 9.59 Å². The molecule has 0 aromatic heterocycles. The molecule has 1 saturated heterocycles. The van der Waals surface area contributed by atoms with Gasteiger partial charge in [-0.1, -0.05) is 6.07 Å². The van der Waals surface area contributed by atoms with Crippen LogP contribution < -0.4 is 9.47 Å². The number of ether oxygens (including phenoxy) is 3. The van der Waals surface area contributed by atoms with Gasteiger partial charge in [0.2, 0.25) is 0 Å². The van der Waals surface area contributed by atoms with Gasteiger partial charge < -0.3 is 24.2 Å². The molecular formula is C15H19NO6. The van der Waals surface area contributed by atoms with E-state index in [1.807, 2.05) is 6.07 Å². The zero-order chi connectivity index (χ0) is 16.1. The van der Waals surface area contributed by atoms with Crippen molar-refractivity contribution in [3.8, 4) is 11.5 Å². The highest BCUT2D eigenvalue weighted by molar-refractivity contribution is 5.85. The molecule has 1 aliphatic rings. The van der Waals surface area contributed by atoms with Crippen molar-refractivity contribution in [2.75, 3.05) is 27.4 Å². The first-order chi connectivity index (χ1) is 10.5. The largest absolute Gasteiger partial charge is 0.493 e. The van der Waals surface area contributed by atoms with Gasteiger partial charge >= 0.3 is 5.97 Å². The summed E-state index contributed by atoms with van der Waals surface area (Å²) >= 11 is 0. The molecule has 1 atom stereocenters. The van der Waals surface area contributed by atoms with E-state index in [0.717, 1.165) is 5.56 Å². The Morgan fingerprint density at radius 1 is 1.36 bits per heavy atom. The van der Waals surface area contributed by atoms with Crippen LogP contribution in [0.4, 0.5) is 0 Å². The molecule has 1 heterocycles. The number of carbonyl (C=O) groups excluding carboxylic acids is 1. The minimum Gasteiger partial charge on any atom is -0.493 e. The second-order valence-electron chi connectivity index (χ2n) is 4.91. The lowest BCUT2D eigenvalue weighted by Gasteiger charge is -2.32. The Bertz CT molecular complexity index is 559. The number of carboxylic acid groups (broad SMARTS) is 1. The van der Waals surface area contributed by atoms with Crippen molar-refractivity contribution in [3.05, 3.63) is 23.8 Å². The third kappa shape index (κ3) is 3.67. The van der Waals surface area contributed by atoms with Gasteiger partial charge in [-0.25, -0.2) is 0 Å². The Labute approximate surface area is 128 Å². The first-order valence-electron chi connectivity index (χ1n) is 6.88. The van der Waals surface area contributed by atoms with E-state index in [0.29, 0.717) is 31.2 Å². The highest BCUT2D eigenvalue weighted by Crippen LogP contribution is 2.28. The number of methoxy groups -OCH3 is 2. The van der Waals surface area contributed by atoms with Crippen LogP contribution in [0, 0.1) is 0 Å². The smallest absolute Gasteiger partial charge is 0.306 e. The maximum absolute atomic E-state index is 12.2. The second kappa shape index (κ2) is 7.13. The van der Waals surface area contributed by atoms with Crippen molar-refractivity contribution < 1.29 is 28.9 Å². The van der Waals surface area contributed by atoms with E-state index >= 15 is 0 Å². The Morgan fingerprint density at radius 3 is 2.73 bits per heavy atom. The fraction of sp³-hybridized carbons (Fsp3) is 0.467. The number of carboxylic acids is 1. The van der Waals surface area contributed by atoms with Gasteiger partial charge in [-0.2, -0.15) is 0 Å². The van der Waals surface area contributed by atoms with Gasteiger partial charge in [0.25, 0.3) is 5.91 Å². The SMILES string of the molecule is COc1ccc(CN2CCO[C@@H](CC(=O)O)C2=O)cc1OC. The number of carbonyl (C=O) groups is 2. The van der Waals surface area contributed by atoms with Crippen LogP contribution in [0.3, 0.4) is 0 Å². The number of nitrogens with zero attached hydrogens (tertiary/aromatic N) is 1. The van der Waals surface area contributed by atoms with Gasteiger partial charge in [-0.15, -0.1) is 0 Å². The van der Waals surface area contributed by atoms with Crippen LogP contribution in [0.2, 0.25) is 0 Å². The van der Waals surface area contributed by atoms with Crippen LogP contribution in [0.1, 0.15) is 12.0 Å². The van der Waals surface area contributed by atoms with Crippen molar-refractivity contribution >= 4 is 11.9 Å². The van der Waals surface area contributed by atoms with Gasteiger partial charge in [0.15, 0.2) is 11.5 Å². The molecule has 1 aromatic rings. The predicted octanol–water partition coefficient (Wildman–Crippen LogP) is 0.906. The Kier molecular flexibility index (Phi) is 5.21. The molecule has 1 fully saturated rings. The van der Waals surface area contributed by atoms with E-state index in [4.69, 9.17) is 19.3 Å². The highest BCUT2D eigenvalue weighted by atomic mass is 16.5. The summed E-state index contributed by atoms with van der Waals surface area (Å²) < 4.78 is 15.6. The lowest BCUT2D eigenvalue weighted by molar-refractivity contribution is -0.160. The summed E-state index contributed by atoms with van der Waals surface area (Å²) in [7, 11) is 3.10. The fourth-order valence-corrected chi connectivity index (χ4v) is 2.35. The van der Waals surface area contributed by atoms with E-state index < -0.39 is 12.1 Å². The summed E-state index contributed by atoms with van der Waals surface area (Å²) in [4.78, 5) is 24.6. The zero-order valence-electron chi connectivity index (χ0n) is 12.6. The van der Waals surface area contributed by atoms with E-state index in [-0.39, 0.29) is 12.3 Å². The lowest BCUT2D eigenvalue weighted by atomic mass is 10.1. The Morgan fingerprint density at radius 2 is 2.09 bits per heavy atom. The first kappa shape index (κ1) is 16.1. The number of hydrogen-bond acceptors (Lipinski definition) is 5. The number of benzene rings is 1. The van der Waals surface area contributed by atoms with Gasteiger partial charge in [-0.05, 0) is 17.7 Å². The first-order valence-corrected chi connectivity index (χ1v) is 6.88. The van der Waals surface area contributed by atoms with Crippen molar-refractivity contribution in [1.29, 1.82) is 0 Å². The topological polar surface area (TPSA) is 85.3 Å². The molecule has 7 heteroatoms. The highest BCUT2D eigenvalue weighted by Gasteiger charge is 2.31. The summed E-state index contributed by atoms with van der Waals surface area (Å²) in [5.41, 5.74) is 0.877. The fourth-order valence-electron chi connectivity index (χ4n) is 2.35. The molecule has 1 N–H and O–H groups in total. The second-order valence-corrected chi connectivity index (χ2v) is 4.91. The van der Waals surface area contributed by atoms with Crippen LogP contribution in [-0.4, -0.2) is 55.4 Å². The molecule has 1 aliphatic heterocycles. The Hall–Kier alpha value is -2.28. The maximum Gasteiger partial charge on any atom is 0.306 e. The molecule has 2 rings (SSSR count). The molecule has 0 bridgehead atoms. The maximum atomic E-state index is 12.2. The molecule has 0 aliphatic carbocycles. The third-order valence-corrected chi connectivity index (χ3v) is 3.45. The summed E-state index contributed by atoms with van der Waals surface area (Å²) in [5.74, 6) is -0.152. The van der Waals surface area contributed by atoms with Crippen LogP contribution in [0.15, 0.2) is 18.2 Å². The van der Waals surface area contributed by atoms with Crippen molar-refractivity contribution in [3.63, 3.8) is 0 Å². The van der Waals surface area contributed by atoms with E-state index in [2.05, 4.69) is 0 Å². The third-order valence-electron chi connectivity index (χ3n) is 3.45. The normalized spacial score (nSPS) is 18.2. The molecule has 22 heavy (non-hydrogen) atoms. The number of amides is 1. The Balaban J connectivity index is 2.09. The standard InChI is InChI=1S/C15H19NO6/c1-20-11-4-3-10(7-12(11)21-2)9-16-5-6-22-13(15(16)19)8-14(17)18/h3-4,7,13H,5-6,8-9H2,1-2H3,(H,17,18)/t13-/m0/s1. The van der Waals surface area contributed by atoms with Crippen molar-refractivity contribution in [2.24, 2.45) is 0 Å². The number of rotatable bonds is 6. The average Bonchev–Trinajstić information content (AvgIpc) is 2.50. The molecule has 1 aromatic carbocycles. The summed E-state index contributed by atoms with van der Waals surface area (Å²) in [6.45, 7) is 1.14. The lowest BCUT2D eigenvalue weighted by Crippen LogP contribution is -2.47. The molecule has 0 radical (unpaired) electrons. The summed E-state index contributed by atoms with van der Waals surface area (Å²) in [6, 6.07) is 5.41. The van der Waals surface area contributed by atoms with Gasteiger partial charge in [0.05, 0.1) is 27.2 Å². The monoisotopic (exact) mass is 309 g/mol. The van der Waals surface area contributed by atoms with Crippen LogP contribution >= 0.6 is 0 Å². The molecule has 120 valence electrons. The minimum atomic E-state index is -1.05. The predicted molar refractivity (Wildman–Crippen MR) is 77.0 cm³/mol. The number of aliphatic carboxylic acids is 1. The molecular weight excluding hydrogens is 290 g/mol. The number of hydrogen-bond donors (Lipinski definition) is 1. The van der Waals surface area contributed by atoms with E-state index in [1.54, 1.807) is 31.3 Å². The number of morpholine rings is 1. The van der Waals surface area contributed by atoms with Crippen LogP contribution in [-0.2, 0) is 20.9 Å². The van der Waals surface area contributed by atoms with Crippen LogP contribution in [0.5, 0.6) is 11.5 Å². The van der Waals surface area contributed by atoms with Gasteiger partial charge in [0.1, 0.15) is 6.10 Å². The van der Waals surface area contributed by atoms with E-state index in [9.17, 15) is 9.59 Å². The summed E-state index contributed by atoms with van der Waals surface area (Å²) in [5, 5.41) is 8.80. The minimum absolute atomic E-state index is 0.302. The molecule has 1 amide bonds. The van der Waals surface area contributed by atoms with Crippen molar-refractivity contribution in [1.82, 2.24) is 4.90 Å². The van der Waals surface area contributed by atoms with Crippen molar-refractivity contribution in [2.45, 2.75) is 19.1 Å². The quantitative estimate of drug-likeness (QED) is 0.840. The molecule has 0 saturated carbocycles. The van der Waals surface area contributed by atoms with E-state index in [1.165, 1.54) is 0 Å². The van der Waals surface area contributed by atoms with Crippen LogP contribution in [0.25, 0.3) is 0 Å². The van der Waals surface area contributed by atoms with Gasteiger partial charge in [0, 0.05) is 13.1 Å². The average molecular weight is 309 g/mol. The zero-order valence-corrected chi connectivity index (χ0v) is 12.6. The molecule has 0 spiro atoms.